The van der Waals surface area contributed by atoms with Crippen molar-refractivity contribution in [1.29, 1.82) is 0 Å². The molecular weight excluding hydrogens is 188 g/mol. The number of carbonyl (C=O) groups is 1. The lowest BCUT2D eigenvalue weighted by Crippen LogP contribution is -2.26. The average molecular weight is 206 g/mol. The van der Waals surface area contributed by atoms with Gasteiger partial charge in [-0.05, 0) is 20.8 Å². The fourth-order valence-electron chi connectivity index (χ4n) is 1.30. The van der Waals surface area contributed by atoms with Gasteiger partial charge in [-0.1, -0.05) is 29.8 Å². The fourth-order valence-corrected chi connectivity index (χ4v) is 1.30. The molecule has 0 unspecified atom stereocenters. The molecule has 2 heteroatoms. The van der Waals surface area contributed by atoms with Gasteiger partial charge in [0.1, 0.15) is 0 Å². The Morgan fingerprint density at radius 1 is 1.27 bits per heavy atom. The minimum absolute atomic E-state index is 0.127. The first-order chi connectivity index (χ1) is 6.94. The van der Waals surface area contributed by atoms with E-state index in [-0.39, 0.29) is 11.4 Å². The van der Waals surface area contributed by atoms with Crippen LogP contribution in [0.1, 0.15) is 36.2 Å². The van der Waals surface area contributed by atoms with Gasteiger partial charge in [-0.15, -0.1) is 0 Å². The third kappa shape index (κ3) is 3.48. The van der Waals surface area contributed by atoms with Gasteiger partial charge in [0.05, 0.1) is 5.60 Å². The smallest absolute Gasteiger partial charge is 0.165 e. The number of aryl methyl sites for hydroxylation is 1. The third-order valence-corrected chi connectivity index (χ3v) is 2.51. The summed E-state index contributed by atoms with van der Waals surface area (Å²) in [4.78, 5) is 11.9. The van der Waals surface area contributed by atoms with Crippen molar-refractivity contribution >= 4 is 5.78 Å². The molecule has 1 rings (SSSR count). The van der Waals surface area contributed by atoms with Crippen LogP contribution in [0, 0.1) is 6.92 Å². The molecule has 0 aliphatic rings. The van der Waals surface area contributed by atoms with E-state index in [4.69, 9.17) is 4.74 Å². The predicted molar refractivity (Wildman–Crippen MR) is 61.2 cm³/mol. The number of ketones is 1. The molecule has 82 valence electrons. The van der Waals surface area contributed by atoms with Crippen molar-refractivity contribution in [1.82, 2.24) is 0 Å². The van der Waals surface area contributed by atoms with E-state index >= 15 is 0 Å². The highest BCUT2D eigenvalue weighted by molar-refractivity contribution is 5.96. The van der Waals surface area contributed by atoms with E-state index in [0.29, 0.717) is 6.42 Å². The second-order valence-electron chi connectivity index (χ2n) is 4.43. The highest BCUT2D eigenvalue weighted by Crippen LogP contribution is 2.17. The van der Waals surface area contributed by atoms with E-state index < -0.39 is 0 Å². The van der Waals surface area contributed by atoms with Crippen LogP contribution in [0.4, 0.5) is 0 Å². The van der Waals surface area contributed by atoms with E-state index in [1.807, 2.05) is 45.0 Å². The largest absolute Gasteiger partial charge is 0.378 e. The molecule has 1 aromatic rings. The lowest BCUT2D eigenvalue weighted by atomic mass is 9.97. The Bertz CT molecular complexity index is 336. The van der Waals surface area contributed by atoms with Gasteiger partial charge in [-0.25, -0.2) is 0 Å². The van der Waals surface area contributed by atoms with Crippen molar-refractivity contribution in [2.45, 2.75) is 32.8 Å². The summed E-state index contributed by atoms with van der Waals surface area (Å²) in [5.41, 5.74) is 1.53. The lowest BCUT2D eigenvalue weighted by Gasteiger charge is -2.21. The Morgan fingerprint density at radius 2 is 1.80 bits per heavy atom. The molecule has 0 fully saturated rings. The molecule has 0 aliphatic heterocycles. The number of carbonyl (C=O) groups excluding carboxylic acids is 1. The summed E-state index contributed by atoms with van der Waals surface area (Å²) in [5, 5.41) is 0. The van der Waals surface area contributed by atoms with Crippen LogP contribution in [-0.4, -0.2) is 18.5 Å². The Morgan fingerprint density at radius 3 is 2.27 bits per heavy atom. The molecule has 0 radical (unpaired) electrons. The van der Waals surface area contributed by atoms with E-state index in [0.717, 1.165) is 11.1 Å². The molecule has 0 aliphatic carbocycles. The van der Waals surface area contributed by atoms with Gasteiger partial charge in [0, 0.05) is 19.1 Å². The summed E-state index contributed by atoms with van der Waals surface area (Å²) in [6.45, 7) is 5.84. The standard InChI is InChI=1S/C13H18O2/c1-10-5-7-11(8-6-10)12(14)9-13(2,3)15-4/h5-8H,9H2,1-4H3. The number of Topliss-reactive ketones (excluding diaryl/α,β-unsaturated/α-hetero) is 1. The summed E-state index contributed by atoms with van der Waals surface area (Å²) < 4.78 is 5.23. The summed E-state index contributed by atoms with van der Waals surface area (Å²) in [5.74, 6) is 0.127. The van der Waals surface area contributed by atoms with Crippen LogP contribution in [-0.2, 0) is 4.74 Å². The molecule has 0 aromatic heterocycles. The highest BCUT2D eigenvalue weighted by Gasteiger charge is 2.21. The van der Waals surface area contributed by atoms with Gasteiger partial charge in [0.15, 0.2) is 5.78 Å². The van der Waals surface area contributed by atoms with Crippen LogP contribution in [0.2, 0.25) is 0 Å². The number of hydrogen-bond acceptors (Lipinski definition) is 2. The van der Waals surface area contributed by atoms with Gasteiger partial charge in [0.25, 0.3) is 0 Å². The zero-order chi connectivity index (χ0) is 11.5. The molecular formula is C13H18O2. The molecule has 0 bridgehead atoms. The third-order valence-electron chi connectivity index (χ3n) is 2.51. The zero-order valence-corrected chi connectivity index (χ0v) is 9.83. The molecule has 2 nitrogen and oxygen atoms in total. The molecule has 0 spiro atoms. The number of ether oxygens (including phenoxy) is 1. The van der Waals surface area contributed by atoms with Crippen molar-refractivity contribution in [3.63, 3.8) is 0 Å². The molecule has 15 heavy (non-hydrogen) atoms. The van der Waals surface area contributed by atoms with Crippen LogP contribution in [0.3, 0.4) is 0 Å². The van der Waals surface area contributed by atoms with Gasteiger partial charge < -0.3 is 4.74 Å². The predicted octanol–water partition coefficient (Wildman–Crippen LogP) is 2.99. The normalized spacial score (nSPS) is 11.5. The van der Waals surface area contributed by atoms with Gasteiger partial charge in [-0.3, -0.25) is 4.79 Å². The highest BCUT2D eigenvalue weighted by atomic mass is 16.5. The Hall–Kier alpha value is -1.15. The second-order valence-corrected chi connectivity index (χ2v) is 4.43. The Labute approximate surface area is 91.3 Å². The number of methoxy groups -OCH3 is 1. The van der Waals surface area contributed by atoms with Crippen LogP contribution < -0.4 is 0 Å². The van der Waals surface area contributed by atoms with Crippen molar-refractivity contribution in [2.75, 3.05) is 7.11 Å². The first-order valence-corrected chi connectivity index (χ1v) is 5.09. The maximum Gasteiger partial charge on any atom is 0.165 e. The molecule has 0 amide bonds. The Balaban J connectivity index is 2.74. The van der Waals surface area contributed by atoms with Crippen molar-refractivity contribution in [2.24, 2.45) is 0 Å². The van der Waals surface area contributed by atoms with Crippen molar-refractivity contribution in [3.05, 3.63) is 35.4 Å². The van der Waals surface area contributed by atoms with Gasteiger partial charge in [0.2, 0.25) is 0 Å². The van der Waals surface area contributed by atoms with Crippen molar-refractivity contribution in [3.8, 4) is 0 Å². The topological polar surface area (TPSA) is 26.3 Å². The van der Waals surface area contributed by atoms with Crippen LogP contribution in [0.5, 0.6) is 0 Å². The lowest BCUT2D eigenvalue weighted by molar-refractivity contribution is 0.0172. The first kappa shape index (κ1) is 11.9. The van der Waals surface area contributed by atoms with E-state index in [1.54, 1.807) is 7.11 Å². The molecule has 0 N–H and O–H groups in total. The van der Waals surface area contributed by atoms with E-state index in [2.05, 4.69) is 0 Å². The summed E-state index contributed by atoms with van der Waals surface area (Å²) >= 11 is 0. The van der Waals surface area contributed by atoms with E-state index in [1.165, 1.54) is 0 Å². The molecule has 0 heterocycles. The SMILES string of the molecule is COC(C)(C)CC(=O)c1ccc(C)cc1. The molecule has 0 atom stereocenters. The van der Waals surface area contributed by atoms with Crippen molar-refractivity contribution < 1.29 is 9.53 Å². The summed E-state index contributed by atoms with van der Waals surface area (Å²) in [7, 11) is 1.63. The quantitative estimate of drug-likeness (QED) is 0.708. The molecule has 1 aromatic carbocycles. The zero-order valence-electron chi connectivity index (χ0n) is 9.83. The van der Waals surface area contributed by atoms with Gasteiger partial charge >= 0.3 is 0 Å². The molecule has 0 saturated heterocycles. The van der Waals surface area contributed by atoms with Crippen LogP contribution in [0.15, 0.2) is 24.3 Å². The second kappa shape index (κ2) is 4.58. The van der Waals surface area contributed by atoms with E-state index in [9.17, 15) is 4.79 Å². The van der Waals surface area contributed by atoms with Crippen LogP contribution >= 0.6 is 0 Å². The summed E-state index contributed by atoms with van der Waals surface area (Å²) in [6.07, 6.45) is 0.409. The minimum atomic E-state index is -0.387. The summed E-state index contributed by atoms with van der Waals surface area (Å²) in [6, 6.07) is 7.63. The fraction of sp³-hybridized carbons (Fsp3) is 0.462. The molecule has 0 saturated carbocycles. The van der Waals surface area contributed by atoms with Gasteiger partial charge in [-0.2, -0.15) is 0 Å². The number of rotatable bonds is 4. The number of hydrogen-bond donors (Lipinski definition) is 0. The Kier molecular flexibility index (Phi) is 3.64. The average Bonchev–Trinajstić information content (AvgIpc) is 2.18. The number of benzene rings is 1. The van der Waals surface area contributed by atoms with Crippen LogP contribution in [0.25, 0.3) is 0 Å². The maximum absolute atomic E-state index is 11.9. The maximum atomic E-state index is 11.9. The minimum Gasteiger partial charge on any atom is -0.378 e. The first-order valence-electron chi connectivity index (χ1n) is 5.09. The monoisotopic (exact) mass is 206 g/mol.